The first-order valence-corrected chi connectivity index (χ1v) is 7.88. The van der Waals surface area contributed by atoms with Crippen molar-refractivity contribution in [2.75, 3.05) is 33.4 Å². The number of hydrogen-bond acceptors (Lipinski definition) is 4. The summed E-state index contributed by atoms with van der Waals surface area (Å²) in [6.07, 6.45) is -3.14. The summed E-state index contributed by atoms with van der Waals surface area (Å²) in [7, 11) is 1.64. The molecule has 2 N–H and O–H groups in total. The van der Waals surface area contributed by atoms with E-state index in [4.69, 9.17) is 4.74 Å². The number of hydrogen-bond donors (Lipinski definition) is 2. The number of guanidine groups is 1. The van der Waals surface area contributed by atoms with Gasteiger partial charge in [0.2, 0.25) is 0 Å². The molecule has 0 aliphatic rings. The molecule has 1 aromatic heterocycles. The Balaban J connectivity index is 2.40. The Morgan fingerprint density at radius 2 is 2.18 bits per heavy atom. The fourth-order valence-electron chi connectivity index (χ4n) is 1.59. The summed E-state index contributed by atoms with van der Waals surface area (Å²) in [4.78, 5) is 7.93. The minimum absolute atomic E-state index is 0.420. The number of nitrogens with one attached hydrogen (secondary N) is 2. The molecule has 1 aromatic rings. The van der Waals surface area contributed by atoms with Crippen LogP contribution in [0.4, 0.5) is 13.2 Å². The van der Waals surface area contributed by atoms with Gasteiger partial charge >= 0.3 is 6.18 Å². The second-order valence-electron chi connectivity index (χ2n) is 4.41. The quantitative estimate of drug-likeness (QED) is 0.434. The Bertz CT molecular complexity index is 462. The first kappa shape index (κ1) is 18.7. The Labute approximate surface area is 132 Å². The molecule has 0 radical (unpaired) electrons. The summed E-state index contributed by atoms with van der Waals surface area (Å²) >= 11 is 1.02. The van der Waals surface area contributed by atoms with Gasteiger partial charge in [0.15, 0.2) is 11.7 Å². The Morgan fingerprint density at radius 1 is 1.41 bits per heavy atom. The van der Waals surface area contributed by atoms with Crippen LogP contribution < -0.4 is 10.6 Å². The van der Waals surface area contributed by atoms with E-state index < -0.39 is 11.9 Å². The predicted molar refractivity (Wildman–Crippen MR) is 81.3 cm³/mol. The van der Waals surface area contributed by atoms with E-state index in [0.717, 1.165) is 23.1 Å². The minimum atomic E-state index is -4.38. The Kier molecular flexibility index (Phi) is 8.18. The van der Waals surface area contributed by atoms with E-state index in [1.165, 1.54) is 0 Å². The van der Waals surface area contributed by atoms with Crippen molar-refractivity contribution in [1.82, 2.24) is 15.6 Å². The average molecular weight is 338 g/mol. The van der Waals surface area contributed by atoms with E-state index in [1.807, 2.05) is 6.92 Å². The standard InChI is InChI=1S/C13H21F3N4OS/c1-3-17-12(18-6-4-8-21-2)19-7-5-11-20-10(9-22-11)13(14,15)16/h9H,3-8H2,1-2H3,(H2,17,18,19). The van der Waals surface area contributed by atoms with Gasteiger partial charge in [0.25, 0.3) is 0 Å². The lowest BCUT2D eigenvalue weighted by Crippen LogP contribution is -2.38. The summed E-state index contributed by atoms with van der Waals surface area (Å²) in [6.45, 7) is 4.40. The molecule has 1 heterocycles. The van der Waals surface area contributed by atoms with Crippen LogP contribution in [0.25, 0.3) is 0 Å². The van der Waals surface area contributed by atoms with Crippen LogP contribution in [0.1, 0.15) is 24.0 Å². The summed E-state index contributed by atoms with van der Waals surface area (Å²) < 4.78 is 42.3. The molecule has 0 amide bonds. The van der Waals surface area contributed by atoms with E-state index in [-0.39, 0.29) is 0 Å². The molecule has 0 aliphatic heterocycles. The molecule has 0 aliphatic carbocycles. The maximum atomic E-state index is 12.4. The lowest BCUT2D eigenvalue weighted by molar-refractivity contribution is -0.140. The van der Waals surface area contributed by atoms with E-state index in [0.29, 0.717) is 43.6 Å². The fourth-order valence-corrected chi connectivity index (χ4v) is 2.39. The number of methoxy groups -OCH3 is 1. The van der Waals surface area contributed by atoms with Gasteiger partial charge in [-0.3, -0.25) is 4.99 Å². The average Bonchev–Trinajstić information content (AvgIpc) is 2.92. The molecule has 0 aromatic carbocycles. The van der Waals surface area contributed by atoms with Crippen molar-refractivity contribution in [2.24, 2.45) is 4.99 Å². The molecule has 5 nitrogen and oxygen atoms in total. The lowest BCUT2D eigenvalue weighted by atomic mass is 10.4. The number of aliphatic imine (C=N–C) groups is 1. The number of ether oxygens (including phenoxy) is 1. The molecular weight excluding hydrogens is 317 g/mol. The molecule has 22 heavy (non-hydrogen) atoms. The van der Waals surface area contributed by atoms with Crippen LogP contribution >= 0.6 is 11.3 Å². The van der Waals surface area contributed by atoms with Crippen LogP contribution in [0.15, 0.2) is 10.4 Å². The van der Waals surface area contributed by atoms with Crippen LogP contribution in [-0.2, 0) is 17.3 Å². The second-order valence-corrected chi connectivity index (χ2v) is 5.35. The molecule has 0 saturated carbocycles. The maximum Gasteiger partial charge on any atom is 0.434 e. The van der Waals surface area contributed by atoms with Gasteiger partial charge in [-0.25, -0.2) is 4.98 Å². The zero-order chi connectivity index (χ0) is 16.4. The summed E-state index contributed by atoms with van der Waals surface area (Å²) in [5, 5.41) is 7.65. The van der Waals surface area contributed by atoms with Crippen molar-refractivity contribution in [3.8, 4) is 0 Å². The molecule has 1 rings (SSSR count). The second kappa shape index (κ2) is 9.62. The third-order valence-electron chi connectivity index (χ3n) is 2.59. The monoisotopic (exact) mass is 338 g/mol. The molecule has 9 heteroatoms. The van der Waals surface area contributed by atoms with E-state index in [2.05, 4.69) is 20.6 Å². The zero-order valence-corrected chi connectivity index (χ0v) is 13.5. The predicted octanol–water partition coefficient (Wildman–Crippen LogP) is 2.30. The highest BCUT2D eigenvalue weighted by molar-refractivity contribution is 7.09. The highest BCUT2D eigenvalue weighted by Gasteiger charge is 2.33. The molecule has 0 saturated heterocycles. The number of halogens is 3. The van der Waals surface area contributed by atoms with Gasteiger partial charge in [0, 0.05) is 45.2 Å². The normalized spacial score (nSPS) is 12.5. The van der Waals surface area contributed by atoms with Gasteiger partial charge < -0.3 is 15.4 Å². The van der Waals surface area contributed by atoms with Gasteiger partial charge in [-0.15, -0.1) is 11.3 Å². The van der Waals surface area contributed by atoms with Crippen LogP contribution in [-0.4, -0.2) is 44.3 Å². The molecule has 0 spiro atoms. The maximum absolute atomic E-state index is 12.4. The van der Waals surface area contributed by atoms with Crippen molar-refractivity contribution < 1.29 is 17.9 Å². The van der Waals surface area contributed by atoms with Gasteiger partial charge in [0.05, 0.1) is 5.01 Å². The lowest BCUT2D eigenvalue weighted by Gasteiger charge is -2.10. The van der Waals surface area contributed by atoms with E-state index in [9.17, 15) is 13.2 Å². The molecule has 0 unspecified atom stereocenters. The van der Waals surface area contributed by atoms with E-state index >= 15 is 0 Å². The Morgan fingerprint density at radius 3 is 2.77 bits per heavy atom. The van der Waals surface area contributed by atoms with Crippen LogP contribution in [0.3, 0.4) is 0 Å². The van der Waals surface area contributed by atoms with Crippen molar-refractivity contribution in [3.05, 3.63) is 16.1 Å². The van der Waals surface area contributed by atoms with Gasteiger partial charge in [-0.1, -0.05) is 0 Å². The largest absolute Gasteiger partial charge is 0.434 e. The number of alkyl halides is 3. The first-order valence-electron chi connectivity index (χ1n) is 7.00. The summed E-state index contributed by atoms with van der Waals surface area (Å²) in [6, 6.07) is 0. The summed E-state index contributed by atoms with van der Waals surface area (Å²) in [5.41, 5.74) is -0.826. The Hall–Kier alpha value is -1.35. The third-order valence-corrected chi connectivity index (χ3v) is 3.50. The highest BCUT2D eigenvalue weighted by Crippen LogP contribution is 2.29. The molecule has 0 fully saturated rings. The smallest absolute Gasteiger partial charge is 0.385 e. The van der Waals surface area contributed by atoms with Crippen LogP contribution in [0, 0.1) is 0 Å². The number of aromatic nitrogens is 1. The van der Waals surface area contributed by atoms with Crippen molar-refractivity contribution in [1.29, 1.82) is 0 Å². The van der Waals surface area contributed by atoms with Crippen molar-refractivity contribution >= 4 is 17.3 Å². The van der Waals surface area contributed by atoms with Crippen molar-refractivity contribution in [3.63, 3.8) is 0 Å². The van der Waals surface area contributed by atoms with Crippen LogP contribution in [0.2, 0.25) is 0 Å². The molecule has 126 valence electrons. The topological polar surface area (TPSA) is 58.5 Å². The number of rotatable bonds is 8. The van der Waals surface area contributed by atoms with E-state index in [1.54, 1.807) is 7.11 Å². The molecule has 0 atom stereocenters. The summed E-state index contributed by atoms with van der Waals surface area (Å²) in [5.74, 6) is 0.645. The first-order chi connectivity index (χ1) is 10.5. The SMILES string of the molecule is CCNC(=NCCCOC)NCCc1nc(C(F)(F)F)cs1. The van der Waals surface area contributed by atoms with Gasteiger partial charge in [-0.05, 0) is 13.3 Å². The van der Waals surface area contributed by atoms with Crippen LogP contribution in [0.5, 0.6) is 0 Å². The molecular formula is C13H21F3N4OS. The van der Waals surface area contributed by atoms with Gasteiger partial charge in [-0.2, -0.15) is 13.2 Å². The number of nitrogens with zero attached hydrogens (tertiary/aromatic N) is 2. The zero-order valence-electron chi connectivity index (χ0n) is 12.7. The molecule has 0 bridgehead atoms. The van der Waals surface area contributed by atoms with Gasteiger partial charge in [0.1, 0.15) is 0 Å². The van der Waals surface area contributed by atoms with Crippen molar-refractivity contribution in [2.45, 2.75) is 25.9 Å². The number of thiazole rings is 1. The highest BCUT2D eigenvalue weighted by atomic mass is 32.1. The minimum Gasteiger partial charge on any atom is -0.385 e. The third kappa shape index (κ3) is 7.08. The fraction of sp³-hybridized carbons (Fsp3) is 0.692.